The molecule has 0 bridgehead atoms. The average Bonchev–Trinajstić information content (AvgIpc) is 2.17. The van der Waals surface area contributed by atoms with Gasteiger partial charge in [0.2, 0.25) is 0 Å². The van der Waals surface area contributed by atoms with Crippen LogP contribution in [0, 0.1) is 0 Å². The van der Waals surface area contributed by atoms with E-state index >= 15 is 0 Å². The Morgan fingerprint density at radius 1 is 1.19 bits per heavy atom. The third kappa shape index (κ3) is 6.36. The lowest BCUT2D eigenvalue weighted by atomic mass is 9.94. The van der Waals surface area contributed by atoms with Gasteiger partial charge in [0.25, 0.3) is 0 Å². The molecule has 96 valence electrons. The Kier molecular flexibility index (Phi) is 5.59. The Morgan fingerprint density at radius 2 is 1.81 bits per heavy atom. The van der Waals surface area contributed by atoms with Crippen molar-refractivity contribution in [3.8, 4) is 0 Å². The Hall–Kier alpha value is -0.250. The van der Waals surface area contributed by atoms with E-state index in [4.69, 9.17) is 0 Å². The van der Waals surface area contributed by atoms with E-state index in [1.54, 1.807) is 0 Å². The molecule has 16 heavy (non-hydrogen) atoms. The first kappa shape index (κ1) is 13.8. The first-order valence-electron chi connectivity index (χ1n) is 6.30. The summed E-state index contributed by atoms with van der Waals surface area (Å²) in [6.07, 6.45) is 2.41. The lowest BCUT2D eigenvalue weighted by Crippen LogP contribution is -2.37. The molecule has 0 aliphatic heterocycles. The van der Waals surface area contributed by atoms with Gasteiger partial charge in [-0.3, -0.25) is 0 Å². The van der Waals surface area contributed by atoms with Crippen molar-refractivity contribution < 1.29 is 13.2 Å². The van der Waals surface area contributed by atoms with Gasteiger partial charge in [-0.1, -0.05) is 19.3 Å². The molecule has 1 saturated carbocycles. The summed E-state index contributed by atoms with van der Waals surface area (Å²) in [5.41, 5.74) is 0. The molecule has 1 aliphatic rings. The molecule has 1 nitrogen and oxygen atoms in total. The number of rotatable bonds is 5. The molecule has 0 amide bonds. The molecular weight excluding hydrogens is 215 g/mol. The summed E-state index contributed by atoms with van der Waals surface area (Å²) in [6, 6.07) is 0.750. The highest BCUT2D eigenvalue weighted by atomic mass is 19.4. The second kappa shape index (κ2) is 6.48. The highest BCUT2D eigenvalue weighted by Crippen LogP contribution is 2.23. The molecule has 1 fully saturated rings. The summed E-state index contributed by atoms with van der Waals surface area (Å²) < 4.78 is 35.8. The van der Waals surface area contributed by atoms with E-state index < -0.39 is 12.6 Å². The van der Waals surface area contributed by atoms with Crippen molar-refractivity contribution in [2.45, 2.75) is 76.6 Å². The van der Waals surface area contributed by atoms with Gasteiger partial charge in [-0.25, -0.2) is 0 Å². The fourth-order valence-corrected chi connectivity index (χ4v) is 2.36. The highest BCUT2D eigenvalue weighted by molar-refractivity contribution is 4.75. The van der Waals surface area contributed by atoms with Gasteiger partial charge in [0.1, 0.15) is 0 Å². The van der Waals surface area contributed by atoms with Crippen LogP contribution in [0.2, 0.25) is 0 Å². The van der Waals surface area contributed by atoms with Crippen molar-refractivity contribution in [2.24, 2.45) is 0 Å². The van der Waals surface area contributed by atoms with E-state index in [2.05, 4.69) is 5.32 Å². The minimum atomic E-state index is -4.00. The van der Waals surface area contributed by atoms with Crippen LogP contribution < -0.4 is 5.32 Å². The van der Waals surface area contributed by atoms with E-state index in [9.17, 15) is 13.2 Å². The van der Waals surface area contributed by atoms with Crippen molar-refractivity contribution in [3.05, 3.63) is 0 Å². The maximum atomic E-state index is 11.9. The Balaban J connectivity index is 2.08. The van der Waals surface area contributed by atoms with Crippen LogP contribution in [0.3, 0.4) is 0 Å². The summed E-state index contributed by atoms with van der Waals surface area (Å²) in [6.45, 7) is 1.99. The number of nitrogens with one attached hydrogen (secondary N) is 1. The quantitative estimate of drug-likeness (QED) is 0.761. The Morgan fingerprint density at radius 3 is 2.38 bits per heavy atom. The third-order valence-electron chi connectivity index (χ3n) is 3.22. The smallest absolute Gasteiger partial charge is 0.312 e. The van der Waals surface area contributed by atoms with Gasteiger partial charge >= 0.3 is 6.18 Å². The standard InChI is InChI=1S/C12H22F3N/c1-10(6-5-9-12(13,14)15)16-11-7-3-2-4-8-11/h10-11,16H,2-9H2,1H3. The molecule has 1 aliphatic carbocycles. The zero-order valence-corrected chi connectivity index (χ0v) is 9.95. The normalized spacial score (nSPS) is 21.0. The van der Waals surface area contributed by atoms with Gasteiger partial charge in [-0.2, -0.15) is 13.2 Å². The summed E-state index contributed by atoms with van der Waals surface area (Å²) >= 11 is 0. The van der Waals surface area contributed by atoms with Crippen molar-refractivity contribution in [3.63, 3.8) is 0 Å². The van der Waals surface area contributed by atoms with Crippen LogP contribution >= 0.6 is 0 Å². The van der Waals surface area contributed by atoms with Gasteiger partial charge in [-0.05, 0) is 32.6 Å². The second-order valence-corrected chi connectivity index (χ2v) is 4.91. The number of hydrogen-bond donors (Lipinski definition) is 1. The molecule has 0 saturated heterocycles. The Bertz CT molecular complexity index is 185. The zero-order valence-electron chi connectivity index (χ0n) is 9.95. The molecule has 0 aromatic carbocycles. The van der Waals surface area contributed by atoms with Crippen molar-refractivity contribution >= 4 is 0 Å². The third-order valence-corrected chi connectivity index (χ3v) is 3.22. The molecule has 1 atom stereocenters. The Labute approximate surface area is 95.8 Å². The van der Waals surface area contributed by atoms with Crippen LogP contribution in [0.25, 0.3) is 0 Å². The molecule has 1 unspecified atom stereocenters. The molecule has 0 aromatic heterocycles. The minimum Gasteiger partial charge on any atom is -0.312 e. The average molecular weight is 237 g/mol. The molecule has 0 radical (unpaired) electrons. The molecule has 0 spiro atoms. The van der Waals surface area contributed by atoms with Crippen molar-refractivity contribution in [1.29, 1.82) is 0 Å². The summed E-state index contributed by atoms with van der Waals surface area (Å²) in [5.74, 6) is 0. The maximum absolute atomic E-state index is 11.9. The summed E-state index contributed by atoms with van der Waals surface area (Å²) in [7, 11) is 0. The lowest BCUT2D eigenvalue weighted by molar-refractivity contribution is -0.135. The van der Waals surface area contributed by atoms with Crippen LogP contribution in [0.5, 0.6) is 0 Å². The van der Waals surface area contributed by atoms with Crippen LogP contribution in [0.4, 0.5) is 13.2 Å². The van der Waals surface area contributed by atoms with Crippen molar-refractivity contribution in [1.82, 2.24) is 5.32 Å². The van der Waals surface area contributed by atoms with Gasteiger partial charge in [0, 0.05) is 18.5 Å². The first-order chi connectivity index (χ1) is 7.47. The fourth-order valence-electron chi connectivity index (χ4n) is 2.36. The molecule has 4 heteroatoms. The number of hydrogen-bond acceptors (Lipinski definition) is 1. The highest BCUT2D eigenvalue weighted by Gasteiger charge is 2.26. The number of halogens is 3. The predicted molar refractivity (Wildman–Crippen MR) is 59.4 cm³/mol. The number of alkyl halides is 3. The van der Waals surface area contributed by atoms with E-state index in [-0.39, 0.29) is 12.5 Å². The van der Waals surface area contributed by atoms with E-state index in [0.29, 0.717) is 12.5 Å². The first-order valence-corrected chi connectivity index (χ1v) is 6.30. The largest absolute Gasteiger partial charge is 0.389 e. The zero-order chi connectivity index (χ0) is 12.0. The minimum absolute atomic E-state index is 0.213. The van der Waals surface area contributed by atoms with E-state index in [1.807, 2.05) is 6.92 Å². The van der Waals surface area contributed by atoms with Crippen LogP contribution in [-0.4, -0.2) is 18.3 Å². The SMILES string of the molecule is CC(CCCC(F)(F)F)NC1CCCCC1. The molecule has 1 N–H and O–H groups in total. The van der Waals surface area contributed by atoms with Gasteiger partial charge in [0.05, 0.1) is 0 Å². The maximum Gasteiger partial charge on any atom is 0.389 e. The molecule has 0 aromatic rings. The van der Waals surface area contributed by atoms with Crippen LogP contribution in [0.1, 0.15) is 58.3 Å². The van der Waals surface area contributed by atoms with Crippen molar-refractivity contribution in [2.75, 3.05) is 0 Å². The second-order valence-electron chi connectivity index (χ2n) is 4.91. The van der Waals surface area contributed by atoms with Crippen LogP contribution in [-0.2, 0) is 0 Å². The fraction of sp³-hybridized carbons (Fsp3) is 1.00. The van der Waals surface area contributed by atoms with Gasteiger partial charge in [-0.15, -0.1) is 0 Å². The molecule has 1 rings (SSSR count). The van der Waals surface area contributed by atoms with Gasteiger partial charge in [0.15, 0.2) is 0 Å². The van der Waals surface area contributed by atoms with E-state index in [0.717, 1.165) is 0 Å². The van der Waals surface area contributed by atoms with E-state index in [1.165, 1.54) is 32.1 Å². The monoisotopic (exact) mass is 237 g/mol. The predicted octanol–water partition coefficient (Wildman–Crippen LogP) is 4.03. The summed E-state index contributed by atoms with van der Waals surface area (Å²) in [5, 5.41) is 3.44. The lowest BCUT2D eigenvalue weighted by Gasteiger charge is -2.26. The van der Waals surface area contributed by atoms with Gasteiger partial charge < -0.3 is 5.32 Å². The molecular formula is C12H22F3N. The topological polar surface area (TPSA) is 12.0 Å². The van der Waals surface area contributed by atoms with Crippen LogP contribution in [0.15, 0.2) is 0 Å². The molecule has 0 heterocycles. The summed E-state index contributed by atoms with van der Waals surface area (Å²) in [4.78, 5) is 0.